The van der Waals surface area contributed by atoms with Crippen LogP contribution in [-0.2, 0) is 7.05 Å². The van der Waals surface area contributed by atoms with E-state index in [-0.39, 0.29) is 5.91 Å². The highest BCUT2D eigenvalue weighted by Crippen LogP contribution is 2.40. The third-order valence-electron chi connectivity index (χ3n) is 3.64. The van der Waals surface area contributed by atoms with Crippen LogP contribution in [0.4, 0.5) is 0 Å². The van der Waals surface area contributed by atoms with Gasteiger partial charge in [-0.25, -0.2) is 4.98 Å². The van der Waals surface area contributed by atoms with Crippen molar-refractivity contribution in [3.63, 3.8) is 0 Å². The van der Waals surface area contributed by atoms with Crippen LogP contribution in [0.25, 0.3) is 11.0 Å². The number of fused-ring (bicyclic) bond motifs is 1. The first-order chi connectivity index (χ1) is 9.61. The molecule has 20 heavy (non-hydrogen) atoms. The van der Waals surface area contributed by atoms with E-state index in [0.717, 1.165) is 35.3 Å². The Hall–Kier alpha value is -2.17. The third-order valence-corrected chi connectivity index (χ3v) is 3.64. The van der Waals surface area contributed by atoms with E-state index in [4.69, 9.17) is 0 Å². The summed E-state index contributed by atoms with van der Waals surface area (Å²) >= 11 is 0. The van der Waals surface area contributed by atoms with E-state index in [9.17, 15) is 4.79 Å². The van der Waals surface area contributed by atoms with Crippen molar-refractivity contribution in [2.24, 2.45) is 7.05 Å². The molecule has 2 aromatic rings. The fraction of sp³-hybridized carbons (Fsp3) is 0.400. The molecule has 0 bridgehead atoms. The Morgan fingerprint density at radius 2 is 2.35 bits per heavy atom. The highest BCUT2D eigenvalue weighted by Gasteiger charge is 2.28. The molecule has 0 atom stereocenters. The van der Waals surface area contributed by atoms with Crippen LogP contribution in [0.15, 0.2) is 18.7 Å². The fourth-order valence-electron chi connectivity index (χ4n) is 2.49. The molecule has 1 amide bonds. The lowest BCUT2D eigenvalue weighted by Gasteiger charge is -2.07. The van der Waals surface area contributed by atoms with Crippen LogP contribution >= 0.6 is 0 Å². The van der Waals surface area contributed by atoms with Crippen LogP contribution in [0.2, 0.25) is 0 Å². The normalized spacial score (nSPS) is 14.5. The number of carbonyl (C=O) groups is 1. The van der Waals surface area contributed by atoms with Gasteiger partial charge in [-0.1, -0.05) is 6.08 Å². The molecular formula is C15H18N4O. The van der Waals surface area contributed by atoms with Gasteiger partial charge in [0, 0.05) is 25.2 Å². The summed E-state index contributed by atoms with van der Waals surface area (Å²) < 4.78 is 1.75. The standard InChI is InChI=1S/C15H18N4O/c1-4-7-16-15(20)11-8-12(10-5-6-10)17-14-13(11)9(2)18-19(14)3/h4,8,10H,1,5-7H2,2-3H3,(H,16,20). The number of carbonyl (C=O) groups excluding carboxylic acids is 1. The van der Waals surface area contributed by atoms with Gasteiger partial charge in [0.1, 0.15) is 0 Å². The Labute approximate surface area is 117 Å². The second-order valence-corrected chi connectivity index (χ2v) is 5.28. The molecule has 0 radical (unpaired) electrons. The van der Waals surface area contributed by atoms with E-state index in [2.05, 4.69) is 22.0 Å². The predicted octanol–water partition coefficient (Wildman–Crippen LogP) is 2.07. The van der Waals surface area contributed by atoms with Gasteiger partial charge in [-0.15, -0.1) is 6.58 Å². The first-order valence-corrected chi connectivity index (χ1v) is 6.85. The molecule has 1 N–H and O–H groups in total. The van der Waals surface area contributed by atoms with Crippen molar-refractivity contribution in [1.29, 1.82) is 0 Å². The summed E-state index contributed by atoms with van der Waals surface area (Å²) in [5, 5.41) is 8.08. The molecule has 2 aromatic heterocycles. The van der Waals surface area contributed by atoms with E-state index in [1.54, 1.807) is 10.8 Å². The lowest BCUT2D eigenvalue weighted by atomic mass is 10.1. The number of nitrogens with one attached hydrogen (secondary N) is 1. The SMILES string of the molecule is C=CCNC(=O)c1cc(C2CC2)nc2c1c(C)nn2C. The van der Waals surface area contributed by atoms with E-state index in [1.165, 1.54) is 0 Å². The van der Waals surface area contributed by atoms with E-state index in [0.29, 0.717) is 18.0 Å². The topological polar surface area (TPSA) is 59.8 Å². The maximum absolute atomic E-state index is 12.4. The zero-order valence-electron chi connectivity index (χ0n) is 11.8. The van der Waals surface area contributed by atoms with Crippen molar-refractivity contribution >= 4 is 16.9 Å². The molecule has 0 aliphatic heterocycles. The average Bonchev–Trinajstić information content (AvgIpc) is 3.23. The summed E-state index contributed by atoms with van der Waals surface area (Å²) in [6.07, 6.45) is 3.99. The summed E-state index contributed by atoms with van der Waals surface area (Å²) in [7, 11) is 1.87. The molecule has 1 saturated carbocycles. The van der Waals surface area contributed by atoms with Gasteiger partial charge in [-0.3, -0.25) is 9.48 Å². The van der Waals surface area contributed by atoms with Gasteiger partial charge in [0.2, 0.25) is 0 Å². The highest BCUT2D eigenvalue weighted by atomic mass is 16.1. The Morgan fingerprint density at radius 3 is 3.00 bits per heavy atom. The van der Waals surface area contributed by atoms with Crippen LogP contribution in [0.5, 0.6) is 0 Å². The molecule has 5 heteroatoms. The van der Waals surface area contributed by atoms with Gasteiger partial charge >= 0.3 is 0 Å². The van der Waals surface area contributed by atoms with E-state index < -0.39 is 0 Å². The minimum atomic E-state index is -0.0877. The first-order valence-electron chi connectivity index (χ1n) is 6.85. The number of aromatic nitrogens is 3. The van der Waals surface area contributed by atoms with Crippen molar-refractivity contribution in [1.82, 2.24) is 20.1 Å². The quantitative estimate of drug-likeness (QED) is 0.865. The number of rotatable bonds is 4. The summed E-state index contributed by atoms with van der Waals surface area (Å²) in [6, 6.07) is 1.92. The van der Waals surface area contributed by atoms with Crippen molar-refractivity contribution in [2.45, 2.75) is 25.7 Å². The molecule has 0 unspecified atom stereocenters. The number of nitrogens with zero attached hydrogens (tertiary/aromatic N) is 3. The zero-order chi connectivity index (χ0) is 14.3. The first kappa shape index (κ1) is 12.8. The van der Waals surface area contributed by atoms with Crippen molar-refractivity contribution in [2.75, 3.05) is 6.54 Å². The van der Waals surface area contributed by atoms with Gasteiger partial charge in [0.05, 0.1) is 16.6 Å². The van der Waals surface area contributed by atoms with Crippen molar-refractivity contribution in [3.8, 4) is 0 Å². The third kappa shape index (κ3) is 2.09. The molecule has 3 rings (SSSR count). The summed E-state index contributed by atoms with van der Waals surface area (Å²) in [5.41, 5.74) is 3.30. The molecule has 1 aliphatic carbocycles. The van der Waals surface area contributed by atoms with Crippen LogP contribution < -0.4 is 5.32 Å². The minimum absolute atomic E-state index is 0.0877. The lowest BCUT2D eigenvalue weighted by molar-refractivity contribution is 0.0959. The maximum atomic E-state index is 12.4. The molecule has 0 saturated heterocycles. The largest absolute Gasteiger partial charge is 0.349 e. The summed E-state index contributed by atoms with van der Waals surface area (Å²) in [6.45, 7) is 5.99. The molecular weight excluding hydrogens is 252 g/mol. The second-order valence-electron chi connectivity index (χ2n) is 5.28. The molecule has 104 valence electrons. The van der Waals surface area contributed by atoms with Crippen LogP contribution in [0, 0.1) is 6.92 Å². The van der Waals surface area contributed by atoms with Gasteiger partial charge in [-0.05, 0) is 25.8 Å². The second kappa shape index (κ2) is 4.74. The van der Waals surface area contributed by atoms with Gasteiger partial charge in [0.25, 0.3) is 5.91 Å². The Balaban J connectivity index is 2.16. The Bertz CT molecular complexity index is 697. The Kier molecular flexibility index (Phi) is 3.04. The number of aryl methyl sites for hydroxylation is 2. The average molecular weight is 270 g/mol. The molecule has 1 aliphatic rings. The van der Waals surface area contributed by atoms with E-state index in [1.807, 2.05) is 20.0 Å². The van der Waals surface area contributed by atoms with Crippen LogP contribution in [0.3, 0.4) is 0 Å². The predicted molar refractivity (Wildman–Crippen MR) is 77.8 cm³/mol. The van der Waals surface area contributed by atoms with Gasteiger partial charge < -0.3 is 5.32 Å². The maximum Gasteiger partial charge on any atom is 0.252 e. The van der Waals surface area contributed by atoms with Crippen molar-refractivity contribution < 1.29 is 4.79 Å². The lowest BCUT2D eigenvalue weighted by Crippen LogP contribution is -2.23. The van der Waals surface area contributed by atoms with Crippen molar-refractivity contribution in [3.05, 3.63) is 35.7 Å². The van der Waals surface area contributed by atoms with E-state index >= 15 is 0 Å². The Morgan fingerprint density at radius 1 is 1.60 bits per heavy atom. The summed E-state index contributed by atoms with van der Waals surface area (Å²) in [5.74, 6) is 0.413. The molecule has 0 aromatic carbocycles. The number of hydrogen-bond acceptors (Lipinski definition) is 3. The summed E-state index contributed by atoms with van der Waals surface area (Å²) in [4.78, 5) is 17.0. The molecule has 2 heterocycles. The number of hydrogen-bond donors (Lipinski definition) is 1. The molecule has 1 fully saturated rings. The molecule has 0 spiro atoms. The number of amides is 1. The van der Waals surface area contributed by atoms with Gasteiger partial charge in [0.15, 0.2) is 5.65 Å². The molecule has 5 nitrogen and oxygen atoms in total. The van der Waals surface area contributed by atoms with Crippen LogP contribution in [0.1, 0.15) is 40.5 Å². The monoisotopic (exact) mass is 270 g/mol. The zero-order valence-corrected chi connectivity index (χ0v) is 11.8. The minimum Gasteiger partial charge on any atom is -0.349 e. The van der Waals surface area contributed by atoms with Gasteiger partial charge in [-0.2, -0.15) is 5.10 Å². The van der Waals surface area contributed by atoms with Crippen LogP contribution in [-0.4, -0.2) is 27.2 Å². The highest BCUT2D eigenvalue weighted by molar-refractivity contribution is 6.06. The fourth-order valence-corrected chi connectivity index (χ4v) is 2.49. The smallest absolute Gasteiger partial charge is 0.252 e. The number of pyridine rings is 1.